The summed E-state index contributed by atoms with van der Waals surface area (Å²) in [7, 11) is 1.68. The van der Waals surface area contributed by atoms with Crippen molar-refractivity contribution in [2.75, 3.05) is 20.2 Å². The summed E-state index contributed by atoms with van der Waals surface area (Å²) in [6.45, 7) is 1.96. The number of hydrogen-bond donors (Lipinski definition) is 2. The van der Waals surface area contributed by atoms with E-state index < -0.39 is 12.8 Å². The first-order valence-electron chi connectivity index (χ1n) is 7.98. The topological polar surface area (TPSA) is 58.5 Å². The molecule has 2 heterocycles. The van der Waals surface area contributed by atoms with E-state index in [1.165, 1.54) is 17.8 Å². The summed E-state index contributed by atoms with van der Waals surface area (Å²) >= 11 is 1.67. The van der Waals surface area contributed by atoms with Crippen LogP contribution in [0.25, 0.3) is 0 Å². The molecule has 1 atom stereocenters. The Morgan fingerprint density at radius 3 is 2.69 bits per heavy atom. The molecule has 9 heteroatoms. The lowest BCUT2D eigenvalue weighted by Crippen LogP contribution is -2.38. The molecule has 0 aromatic carbocycles. The zero-order valence-corrected chi connectivity index (χ0v) is 15.3. The van der Waals surface area contributed by atoms with Gasteiger partial charge in [0, 0.05) is 32.4 Å². The number of alkyl halides is 3. The third kappa shape index (κ3) is 6.91. The van der Waals surface area contributed by atoms with Crippen molar-refractivity contribution >= 4 is 17.3 Å². The SMILES string of the molecule is CN=C(NCc1ccc(OCC(F)(F)F)nc1)NCC(C)c1ccsc1. The van der Waals surface area contributed by atoms with Gasteiger partial charge in [-0.05, 0) is 33.9 Å². The van der Waals surface area contributed by atoms with E-state index in [1.807, 2.05) is 5.38 Å². The zero-order chi connectivity index (χ0) is 19.0. The van der Waals surface area contributed by atoms with Crippen molar-refractivity contribution < 1.29 is 17.9 Å². The zero-order valence-electron chi connectivity index (χ0n) is 14.5. The summed E-state index contributed by atoms with van der Waals surface area (Å²) in [6.07, 6.45) is -2.90. The number of hydrogen-bond acceptors (Lipinski definition) is 4. The molecule has 0 spiro atoms. The minimum Gasteiger partial charge on any atom is -0.468 e. The predicted octanol–water partition coefficient (Wildman–Crippen LogP) is 3.55. The highest BCUT2D eigenvalue weighted by Gasteiger charge is 2.28. The second-order valence-electron chi connectivity index (χ2n) is 5.67. The summed E-state index contributed by atoms with van der Waals surface area (Å²) in [6, 6.07) is 5.17. The molecule has 142 valence electrons. The maximum Gasteiger partial charge on any atom is 0.422 e. The lowest BCUT2D eigenvalue weighted by molar-refractivity contribution is -0.154. The third-order valence-corrected chi connectivity index (χ3v) is 4.25. The van der Waals surface area contributed by atoms with E-state index in [4.69, 9.17) is 0 Å². The molecule has 2 aromatic rings. The molecular weight excluding hydrogens is 365 g/mol. The van der Waals surface area contributed by atoms with Crippen molar-refractivity contribution in [3.05, 3.63) is 46.3 Å². The molecule has 0 amide bonds. The molecule has 2 N–H and O–H groups in total. The highest BCUT2D eigenvalue weighted by Crippen LogP contribution is 2.18. The first-order valence-corrected chi connectivity index (χ1v) is 8.93. The number of halogens is 3. The molecule has 1 unspecified atom stereocenters. The highest BCUT2D eigenvalue weighted by atomic mass is 32.1. The van der Waals surface area contributed by atoms with E-state index >= 15 is 0 Å². The Morgan fingerprint density at radius 1 is 1.31 bits per heavy atom. The maximum absolute atomic E-state index is 12.1. The number of nitrogens with zero attached hydrogens (tertiary/aromatic N) is 2. The smallest absolute Gasteiger partial charge is 0.422 e. The fourth-order valence-corrected chi connectivity index (χ4v) is 2.87. The van der Waals surface area contributed by atoms with E-state index in [0.717, 1.165) is 12.1 Å². The number of thiophene rings is 1. The standard InChI is InChI=1S/C17H21F3N4OS/c1-12(14-5-6-26-10-14)7-23-16(21-2)24-9-13-3-4-15(22-8-13)25-11-17(18,19)20/h3-6,8,10,12H,7,9,11H2,1-2H3,(H2,21,23,24). The van der Waals surface area contributed by atoms with Crippen molar-refractivity contribution in [1.82, 2.24) is 15.6 Å². The van der Waals surface area contributed by atoms with Crippen LogP contribution in [0.5, 0.6) is 5.88 Å². The number of aromatic nitrogens is 1. The Labute approximate surface area is 154 Å². The molecule has 0 aliphatic carbocycles. The second kappa shape index (κ2) is 9.42. The molecule has 0 saturated carbocycles. The molecule has 2 rings (SSSR count). The van der Waals surface area contributed by atoms with Gasteiger partial charge in [-0.3, -0.25) is 4.99 Å². The average Bonchev–Trinajstić information content (AvgIpc) is 3.15. The molecule has 0 aliphatic rings. The molecule has 0 fully saturated rings. The van der Waals surface area contributed by atoms with Crippen LogP contribution >= 0.6 is 11.3 Å². The summed E-state index contributed by atoms with van der Waals surface area (Å²) in [5, 5.41) is 10.6. The average molecular weight is 386 g/mol. The summed E-state index contributed by atoms with van der Waals surface area (Å²) in [5.41, 5.74) is 2.08. The number of pyridine rings is 1. The second-order valence-corrected chi connectivity index (χ2v) is 6.45. The number of ether oxygens (including phenoxy) is 1. The number of aliphatic imine (C=N–C) groups is 1. The maximum atomic E-state index is 12.1. The number of guanidine groups is 1. The van der Waals surface area contributed by atoms with Crippen molar-refractivity contribution in [3.63, 3.8) is 0 Å². The van der Waals surface area contributed by atoms with Crippen LogP contribution in [0.15, 0.2) is 40.1 Å². The van der Waals surface area contributed by atoms with Gasteiger partial charge >= 0.3 is 6.18 Å². The van der Waals surface area contributed by atoms with Crippen molar-refractivity contribution in [1.29, 1.82) is 0 Å². The van der Waals surface area contributed by atoms with Gasteiger partial charge in [0.15, 0.2) is 12.6 Å². The number of rotatable bonds is 7. The minimum atomic E-state index is -4.37. The van der Waals surface area contributed by atoms with Gasteiger partial charge in [-0.15, -0.1) is 0 Å². The van der Waals surface area contributed by atoms with E-state index in [-0.39, 0.29) is 5.88 Å². The van der Waals surface area contributed by atoms with Gasteiger partial charge in [-0.2, -0.15) is 24.5 Å². The summed E-state index contributed by atoms with van der Waals surface area (Å²) in [5.74, 6) is 0.939. The van der Waals surface area contributed by atoms with Crippen molar-refractivity contribution in [3.8, 4) is 5.88 Å². The monoisotopic (exact) mass is 386 g/mol. The Hall–Kier alpha value is -2.29. The van der Waals surface area contributed by atoms with Crippen LogP contribution in [0.1, 0.15) is 24.0 Å². The van der Waals surface area contributed by atoms with Crippen LogP contribution < -0.4 is 15.4 Å². The van der Waals surface area contributed by atoms with Crippen molar-refractivity contribution in [2.24, 2.45) is 4.99 Å². The molecule has 0 saturated heterocycles. The van der Waals surface area contributed by atoms with Crippen LogP contribution in [0.3, 0.4) is 0 Å². The largest absolute Gasteiger partial charge is 0.468 e. The molecular formula is C17H21F3N4OS. The molecule has 5 nitrogen and oxygen atoms in total. The van der Waals surface area contributed by atoms with Crippen LogP contribution in [-0.4, -0.2) is 37.3 Å². The van der Waals surface area contributed by atoms with Gasteiger partial charge < -0.3 is 15.4 Å². The molecule has 0 radical (unpaired) electrons. The van der Waals surface area contributed by atoms with Gasteiger partial charge in [-0.25, -0.2) is 4.98 Å². The normalized spacial score (nSPS) is 13.3. The molecule has 0 aliphatic heterocycles. The quantitative estimate of drug-likeness (QED) is 0.564. The fourth-order valence-electron chi connectivity index (χ4n) is 2.09. The summed E-state index contributed by atoms with van der Waals surface area (Å²) in [4.78, 5) is 8.03. The van der Waals surface area contributed by atoms with Gasteiger partial charge in [0.1, 0.15) is 0 Å². The van der Waals surface area contributed by atoms with E-state index in [1.54, 1.807) is 24.5 Å². The molecule has 26 heavy (non-hydrogen) atoms. The highest BCUT2D eigenvalue weighted by molar-refractivity contribution is 7.07. The minimum absolute atomic E-state index is 0.0573. The van der Waals surface area contributed by atoms with Crippen LogP contribution in [0.2, 0.25) is 0 Å². The van der Waals surface area contributed by atoms with Gasteiger partial charge in [0.2, 0.25) is 5.88 Å². The van der Waals surface area contributed by atoms with Crippen molar-refractivity contribution in [2.45, 2.75) is 25.6 Å². The first kappa shape index (κ1) is 20.0. The Kier molecular flexibility index (Phi) is 7.26. The van der Waals surface area contributed by atoms with E-state index in [0.29, 0.717) is 18.4 Å². The number of nitrogens with one attached hydrogen (secondary N) is 2. The Balaban J connectivity index is 1.77. The Morgan fingerprint density at radius 2 is 2.12 bits per heavy atom. The molecule has 2 aromatic heterocycles. The van der Waals surface area contributed by atoms with Gasteiger partial charge in [0.25, 0.3) is 0 Å². The fraction of sp³-hybridized carbons (Fsp3) is 0.412. The first-order chi connectivity index (χ1) is 12.4. The lowest BCUT2D eigenvalue weighted by Gasteiger charge is -2.15. The lowest BCUT2D eigenvalue weighted by atomic mass is 10.1. The van der Waals surface area contributed by atoms with Crippen LogP contribution in [0, 0.1) is 0 Å². The molecule has 0 bridgehead atoms. The Bertz CT molecular complexity index is 687. The predicted molar refractivity (Wildman–Crippen MR) is 96.7 cm³/mol. The third-order valence-electron chi connectivity index (χ3n) is 3.55. The van der Waals surface area contributed by atoms with Gasteiger partial charge in [-0.1, -0.05) is 13.0 Å². The van der Waals surface area contributed by atoms with Crippen LogP contribution in [0.4, 0.5) is 13.2 Å². The van der Waals surface area contributed by atoms with E-state index in [2.05, 4.69) is 43.7 Å². The van der Waals surface area contributed by atoms with E-state index in [9.17, 15) is 13.2 Å². The van der Waals surface area contributed by atoms with Gasteiger partial charge in [0.05, 0.1) is 0 Å². The van der Waals surface area contributed by atoms with Crippen LogP contribution in [-0.2, 0) is 6.54 Å². The summed E-state index contributed by atoms with van der Waals surface area (Å²) < 4.78 is 40.9.